The van der Waals surface area contributed by atoms with Gasteiger partial charge in [-0.15, -0.1) is 0 Å². The molecule has 4 aromatic rings. The van der Waals surface area contributed by atoms with Gasteiger partial charge in [0, 0.05) is 36.6 Å². The van der Waals surface area contributed by atoms with Gasteiger partial charge in [0.15, 0.2) is 0 Å². The molecule has 6 nitrogen and oxygen atoms in total. The highest BCUT2D eigenvalue weighted by Gasteiger charge is 2.21. The molecule has 0 aliphatic carbocycles. The van der Waals surface area contributed by atoms with E-state index in [0.29, 0.717) is 30.0 Å². The summed E-state index contributed by atoms with van der Waals surface area (Å²) in [5.74, 6) is 1.24. The van der Waals surface area contributed by atoms with Crippen molar-refractivity contribution in [3.05, 3.63) is 95.9 Å². The lowest BCUT2D eigenvalue weighted by Gasteiger charge is -2.16. The predicted molar refractivity (Wildman–Crippen MR) is 129 cm³/mol. The van der Waals surface area contributed by atoms with E-state index in [1.807, 2.05) is 79.7 Å². The van der Waals surface area contributed by atoms with Crippen molar-refractivity contribution in [3.8, 4) is 28.4 Å². The Morgan fingerprint density at radius 1 is 0.970 bits per heavy atom. The molecule has 0 unspecified atom stereocenters. The molecule has 0 bridgehead atoms. The van der Waals surface area contributed by atoms with Gasteiger partial charge in [-0.2, -0.15) is 0 Å². The van der Waals surface area contributed by atoms with Crippen LogP contribution < -0.4 is 14.8 Å². The lowest BCUT2D eigenvalue weighted by molar-refractivity contribution is 0.0953. The fourth-order valence-corrected chi connectivity index (χ4v) is 3.88. The van der Waals surface area contributed by atoms with Crippen LogP contribution in [-0.2, 0) is 6.42 Å². The second kappa shape index (κ2) is 10.0. The first-order valence-electron chi connectivity index (χ1n) is 10.8. The molecule has 4 rings (SSSR count). The van der Waals surface area contributed by atoms with Crippen LogP contribution in [0.3, 0.4) is 0 Å². The second-order valence-electron chi connectivity index (χ2n) is 7.59. The molecule has 6 heteroatoms. The molecule has 0 aliphatic rings. The highest BCUT2D eigenvalue weighted by atomic mass is 16.5. The molecule has 2 heterocycles. The zero-order valence-corrected chi connectivity index (χ0v) is 19.0. The molecule has 168 valence electrons. The number of methoxy groups -OCH3 is 2. The van der Waals surface area contributed by atoms with Crippen molar-refractivity contribution in [2.45, 2.75) is 13.3 Å². The van der Waals surface area contributed by atoms with Gasteiger partial charge < -0.3 is 19.4 Å². The lowest BCUT2D eigenvalue weighted by Crippen LogP contribution is -2.26. The summed E-state index contributed by atoms with van der Waals surface area (Å²) < 4.78 is 13.1. The van der Waals surface area contributed by atoms with Gasteiger partial charge in [0.2, 0.25) is 0 Å². The minimum absolute atomic E-state index is 0.119. The van der Waals surface area contributed by atoms with Crippen LogP contribution in [0.25, 0.3) is 16.9 Å². The molecule has 1 amide bonds. The molecule has 0 atom stereocenters. The van der Waals surface area contributed by atoms with Gasteiger partial charge in [-0.3, -0.25) is 9.78 Å². The van der Waals surface area contributed by atoms with Crippen LogP contribution in [0.1, 0.15) is 21.7 Å². The highest BCUT2D eigenvalue weighted by molar-refractivity contribution is 5.97. The topological polar surface area (TPSA) is 65.4 Å². The number of pyridine rings is 1. The number of aromatic nitrogens is 2. The summed E-state index contributed by atoms with van der Waals surface area (Å²) in [4.78, 5) is 17.5. The maximum Gasteiger partial charge on any atom is 0.253 e. The van der Waals surface area contributed by atoms with Crippen LogP contribution in [0.4, 0.5) is 0 Å². The van der Waals surface area contributed by atoms with E-state index < -0.39 is 0 Å². The van der Waals surface area contributed by atoms with E-state index in [1.165, 1.54) is 0 Å². The van der Waals surface area contributed by atoms with Crippen molar-refractivity contribution in [1.29, 1.82) is 0 Å². The Morgan fingerprint density at radius 3 is 2.45 bits per heavy atom. The second-order valence-corrected chi connectivity index (χ2v) is 7.59. The van der Waals surface area contributed by atoms with Gasteiger partial charge >= 0.3 is 0 Å². The molecule has 0 fully saturated rings. The molecule has 0 saturated heterocycles. The molecule has 1 N–H and O–H groups in total. The van der Waals surface area contributed by atoms with Crippen LogP contribution in [-0.4, -0.2) is 36.2 Å². The Balaban J connectivity index is 1.71. The van der Waals surface area contributed by atoms with Crippen molar-refractivity contribution in [2.24, 2.45) is 0 Å². The molecule has 33 heavy (non-hydrogen) atoms. The first kappa shape index (κ1) is 22.1. The fraction of sp³-hybridized carbons (Fsp3) is 0.185. The first-order chi connectivity index (χ1) is 16.1. The smallest absolute Gasteiger partial charge is 0.253 e. The number of nitrogens with one attached hydrogen (secondary N) is 1. The summed E-state index contributed by atoms with van der Waals surface area (Å²) in [7, 11) is 3.25. The number of hydrogen-bond acceptors (Lipinski definition) is 4. The minimum atomic E-state index is -0.119. The third-order valence-corrected chi connectivity index (χ3v) is 5.58. The Bertz CT molecular complexity index is 1230. The number of ether oxygens (including phenoxy) is 2. The van der Waals surface area contributed by atoms with Gasteiger partial charge in [0.1, 0.15) is 11.5 Å². The van der Waals surface area contributed by atoms with Crippen LogP contribution in [0.5, 0.6) is 11.5 Å². The normalized spacial score (nSPS) is 10.6. The van der Waals surface area contributed by atoms with E-state index >= 15 is 0 Å². The number of amides is 1. The van der Waals surface area contributed by atoms with Crippen molar-refractivity contribution >= 4 is 5.91 Å². The van der Waals surface area contributed by atoms with E-state index in [4.69, 9.17) is 9.47 Å². The van der Waals surface area contributed by atoms with E-state index in [9.17, 15) is 4.79 Å². The molecule has 2 aromatic heterocycles. The average molecular weight is 442 g/mol. The van der Waals surface area contributed by atoms with Gasteiger partial charge in [0.25, 0.3) is 5.91 Å². The maximum atomic E-state index is 13.1. The molecule has 0 saturated carbocycles. The summed E-state index contributed by atoms with van der Waals surface area (Å²) in [6.45, 7) is 2.46. The van der Waals surface area contributed by atoms with Gasteiger partial charge in [-0.1, -0.05) is 36.4 Å². The molecule has 2 aromatic carbocycles. The molecule has 0 aliphatic heterocycles. The predicted octanol–water partition coefficient (Wildman–Crippen LogP) is 4.84. The number of nitrogens with zero attached hydrogens (tertiary/aromatic N) is 2. The van der Waals surface area contributed by atoms with Crippen LogP contribution in [0, 0.1) is 6.92 Å². The largest absolute Gasteiger partial charge is 0.497 e. The van der Waals surface area contributed by atoms with E-state index in [0.717, 1.165) is 28.3 Å². The third kappa shape index (κ3) is 4.75. The molecular weight excluding hydrogens is 414 g/mol. The lowest BCUT2D eigenvalue weighted by atomic mass is 10.1. The Hall–Kier alpha value is -4.06. The minimum Gasteiger partial charge on any atom is -0.497 e. The van der Waals surface area contributed by atoms with Crippen LogP contribution in [0.15, 0.2) is 79.0 Å². The summed E-state index contributed by atoms with van der Waals surface area (Å²) in [5, 5.41) is 3.04. The Labute approximate surface area is 193 Å². The zero-order chi connectivity index (χ0) is 23.2. The first-order valence-corrected chi connectivity index (χ1v) is 10.8. The fourth-order valence-electron chi connectivity index (χ4n) is 3.88. The third-order valence-electron chi connectivity index (χ3n) is 5.58. The van der Waals surface area contributed by atoms with Crippen LogP contribution in [0.2, 0.25) is 0 Å². The van der Waals surface area contributed by atoms with E-state index in [-0.39, 0.29) is 5.91 Å². The van der Waals surface area contributed by atoms with E-state index in [2.05, 4.69) is 14.9 Å². The maximum absolute atomic E-state index is 13.1. The Morgan fingerprint density at radius 2 is 1.76 bits per heavy atom. The number of carbonyl (C=O) groups is 1. The van der Waals surface area contributed by atoms with Crippen molar-refractivity contribution < 1.29 is 14.3 Å². The monoisotopic (exact) mass is 441 g/mol. The van der Waals surface area contributed by atoms with Gasteiger partial charge in [-0.25, -0.2) is 0 Å². The molecular formula is C27H27N3O3. The number of rotatable bonds is 8. The zero-order valence-electron chi connectivity index (χ0n) is 19.0. The summed E-state index contributed by atoms with van der Waals surface area (Å²) >= 11 is 0. The molecule has 0 spiro atoms. The number of carbonyl (C=O) groups excluding carboxylic acids is 1. The van der Waals surface area contributed by atoms with Crippen molar-refractivity contribution in [3.63, 3.8) is 0 Å². The van der Waals surface area contributed by atoms with Gasteiger partial charge in [-0.05, 0) is 42.8 Å². The number of benzene rings is 2. The SMILES string of the molecule is COc1ccc(-n2c(-c3ccccc3)cc(C(=O)NCCc3ccccn3)c2C)c(OC)c1. The standard InChI is InChI=1S/C27H27N3O3/c1-19-23(27(31)29-16-14-21-11-7-8-15-28-21)18-25(20-9-5-4-6-10-20)30(19)24-13-12-22(32-2)17-26(24)33-3/h4-13,15,17-18H,14,16H2,1-3H3,(H,29,31). The quantitative estimate of drug-likeness (QED) is 0.425. The van der Waals surface area contributed by atoms with Crippen molar-refractivity contribution in [1.82, 2.24) is 14.9 Å². The van der Waals surface area contributed by atoms with E-state index in [1.54, 1.807) is 20.4 Å². The number of hydrogen-bond donors (Lipinski definition) is 1. The van der Waals surface area contributed by atoms with Crippen molar-refractivity contribution in [2.75, 3.05) is 20.8 Å². The molecule has 0 radical (unpaired) electrons. The summed E-state index contributed by atoms with van der Waals surface area (Å²) in [5.41, 5.74) is 5.14. The Kier molecular flexibility index (Phi) is 6.74. The summed E-state index contributed by atoms with van der Waals surface area (Å²) in [6, 6.07) is 23.4. The van der Waals surface area contributed by atoms with Crippen LogP contribution >= 0.6 is 0 Å². The van der Waals surface area contributed by atoms with Gasteiger partial charge in [0.05, 0.1) is 31.2 Å². The highest BCUT2D eigenvalue weighted by Crippen LogP contribution is 2.35. The average Bonchev–Trinajstić information content (AvgIpc) is 3.21. The summed E-state index contributed by atoms with van der Waals surface area (Å²) in [6.07, 6.45) is 2.43.